The molecular weight excluding hydrogens is 360 g/mol. The van der Waals surface area contributed by atoms with Crippen molar-refractivity contribution in [3.8, 4) is 0 Å². The first-order chi connectivity index (χ1) is 13.1. The predicted octanol–water partition coefficient (Wildman–Crippen LogP) is 4.65. The van der Waals surface area contributed by atoms with E-state index in [9.17, 15) is 4.79 Å². The average Bonchev–Trinajstić information content (AvgIpc) is 3.17. The number of carbonyl (C=O) groups excluding carboxylic acids is 1. The largest absolute Gasteiger partial charge is 0.274 e. The molecule has 138 valence electrons. The van der Waals surface area contributed by atoms with Gasteiger partial charge < -0.3 is 0 Å². The summed E-state index contributed by atoms with van der Waals surface area (Å²) in [7, 11) is 0. The lowest BCUT2D eigenvalue weighted by Gasteiger charge is -2.39. The molecule has 2 atom stereocenters. The van der Waals surface area contributed by atoms with Crippen LogP contribution in [0.5, 0.6) is 0 Å². The molecule has 2 aromatic carbocycles. The summed E-state index contributed by atoms with van der Waals surface area (Å²) in [5.41, 5.74) is 2.20. The minimum atomic E-state index is -0.131. The maximum absolute atomic E-state index is 13.1. The molecule has 1 aromatic heterocycles. The number of nitrogens with zero attached hydrogens (tertiary/aromatic N) is 4. The Hall–Kier alpha value is -2.66. The zero-order valence-corrected chi connectivity index (χ0v) is 16.0. The third kappa shape index (κ3) is 3.23. The van der Waals surface area contributed by atoms with Gasteiger partial charge in [0.05, 0.1) is 12.1 Å². The number of carbonyl (C=O) groups is 1. The van der Waals surface area contributed by atoms with Crippen LogP contribution in [0.4, 0.5) is 5.95 Å². The molecule has 0 fully saturated rings. The molecule has 1 aliphatic heterocycles. The average molecular weight is 381 g/mol. The van der Waals surface area contributed by atoms with Gasteiger partial charge in [-0.05, 0) is 29.7 Å². The van der Waals surface area contributed by atoms with Crippen LogP contribution in [0.3, 0.4) is 0 Å². The second-order valence-corrected chi connectivity index (χ2v) is 7.53. The van der Waals surface area contributed by atoms with E-state index >= 15 is 0 Å². The number of benzene rings is 2. The van der Waals surface area contributed by atoms with E-state index in [1.165, 1.54) is 6.33 Å². The van der Waals surface area contributed by atoms with Gasteiger partial charge in [-0.25, -0.2) is 4.68 Å². The van der Waals surface area contributed by atoms with Crippen LogP contribution in [0.2, 0.25) is 5.02 Å². The van der Waals surface area contributed by atoms with E-state index in [1.54, 1.807) is 4.90 Å². The van der Waals surface area contributed by atoms with Crippen LogP contribution in [0.15, 0.2) is 60.9 Å². The lowest BCUT2D eigenvalue weighted by atomic mass is 9.91. The van der Waals surface area contributed by atoms with Crippen molar-refractivity contribution >= 4 is 23.5 Å². The van der Waals surface area contributed by atoms with Gasteiger partial charge in [0.25, 0.3) is 0 Å². The summed E-state index contributed by atoms with van der Waals surface area (Å²) >= 11 is 6.07. The molecule has 0 spiro atoms. The quantitative estimate of drug-likeness (QED) is 0.664. The lowest BCUT2D eigenvalue weighted by Crippen LogP contribution is -2.44. The SMILES string of the molecule is CC(C)C(=O)N1c2ncnn2C(c2ccc(Cl)cc2)CC1c1ccccc1. The van der Waals surface area contributed by atoms with Crippen LogP contribution in [0, 0.1) is 5.92 Å². The van der Waals surface area contributed by atoms with Gasteiger partial charge in [-0.15, -0.1) is 0 Å². The van der Waals surface area contributed by atoms with E-state index in [0.717, 1.165) is 17.5 Å². The second kappa shape index (κ2) is 7.16. The molecule has 4 rings (SSSR count). The van der Waals surface area contributed by atoms with Crippen molar-refractivity contribution in [2.75, 3.05) is 4.90 Å². The summed E-state index contributed by atoms with van der Waals surface area (Å²) < 4.78 is 1.85. The minimum absolute atomic E-state index is 0.0128. The maximum atomic E-state index is 13.1. The predicted molar refractivity (Wildman–Crippen MR) is 106 cm³/mol. The highest BCUT2D eigenvalue weighted by Gasteiger charge is 2.39. The molecule has 0 saturated heterocycles. The summed E-state index contributed by atoms with van der Waals surface area (Å²) in [6.45, 7) is 3.83. The van der Waals surface area contributed by atoms with Crippen molar-refractivity contribution < 1.29 is 4.79 Å². The Morgan fingerprint density at radius 3 is 2.37 bits per heavy atom. The zero-order valence-electron chi connectivity index (χ0n) is 15.3. The van der Waals surface area contributed by atoms with Crippen LogP contribution in [0.25, 0.3) is 0 Å². The van der Waals surface area contributed by atoms with Crippen LogP contribution in [-0.2, 0) is 4.79 Å². The fourth-order valence-corrected chi connectivity index (χ4v) is 3.77. The summed E-state index contributed by atoms with van der Waals surface area (Å²) in [6, 6.07) is 17.8. The first-order valence-corrected chi connectivity index (χ1v) is 9.47. The number of anilines is 1. The normalized spacial score (nSPS) is 19.2. The first-order valence-electron chi connectivity index (χ1n) is 9.09. The molecule has 27 heavy (non-hydrogen) atoms. The van der Waals surface area contributed by atoms with Gasteiger partial charge in [0.15, 0.2) is 0 Å². The molecule has 5 nitrogen and oxygen atoms in total. The highest BCUT2D eigenvalue weighted by atomic mass is 35.5. The molecule has 0 bridgehead atoms. The molecule has 2 unspecified atom stereocenters. The van der Waals surface area contributed by atoms with E-state index < -0.39 is 0 Å². The monoisotopic (exact) mass is 380 g/mol. The summed E-state index contributed by atoms with van der Waals surface area (Å²) in [5.74, 6) is 0.509. The van der Waals surface area contributed by atoms with Crippen molar-refractivity contribution in [1.82, 2.24) is 14.8 Å². The summed E-state index contributed by atoms with van der Waals surface area (Å²) in [6.07, 6.45) is 2.24. The second-order valence-electron chi connectivity index (χ2n) is 7.10. The Balaban J connectivity index is 1.84. The van der Waals surface area contributed by atoms with Crippen molar-refractivity contribution in [2.45, 2.75) is 32.4 Å². The Bertz CT molecular complexity index is 936. The number of halogens is 1. The number of hydrogen-bond donors (Lipinski definition) is 0. The van der Waals surface area contributed by atoms with Crippen molar-refractivity contribution in [2.24, 2.45) is 5.92 Å². The Morgan fingerprint density at radius 2 is 1.70 bits per heavy atom. The molecule has 0 aliphatic carbocycles. The van der Waals surface area contributed by atoms with Gasteiger partial charge in [0.1, 0.15) is 6.33 Å². The van der Waals surface area contributed by atoms with E-state index in [-0.39, 0.29) is 23.9 Å². The van der Waals surface area contributed by atoms with Crippen LogP contribution in [0.1, 0.15) is 43.5 Å². The van der Waals surface area contributed by atoms with Crippen molar-refractivity contribution in [1.29, 1.82) is 0 Å². The fourth-order valence-electron chi connectivity index (χ4n) is 3.65. The maximum Gasteiger partial charge on any atom is 0.232 e. The van der Waals surface area contributed by atoms with E-state index in [4.69, 9.17) is 11.6 Å². The van der Waals surface area contributed by atoms with Gasteiger partial charge in [-0.2, -0.15) is 10.1 Å². The van der Waals surface area contributed by atoms with Crippen molar-refractivity contribution in [3.05, 3.63) is 77.1 Å². The van der Waals surface area contributed by atoms with Crippen molar-refractivity contribution in [3.63, 3.8) is 0 Å². The van der Waals surface area contributed by atoms with Crippen LogP contribution >= 0.6 is 11.6 Å². The third-order valence-electron chi connectivity index (χ3n) is 4.99. The van der Waals surface area contributed by atoms with Crippen LogP contribution < -0.4 is 4.90 Å². The fraction of sp³-hybridized carbons (Fsp3) is 0.286. The smallest absolute Gasteiger partial charge is 0.232 e. The van der Waals surface area contributed by atoms with E-state index in [2.05, 4.69) is 22.2 Å². The number of rotatable bonds is 3. The third-order valence-corrected chi connectivity index (χ3v) is 5.25. The Kier molecular flexibility index (Phi) is 4.70. The van der Waals surface area contributed by atoms with Gasteiger partial charge in [0.2, 0.25) is 11.9 Å². The Morgan fingerprint density at radius 1 is 1.04 bits per heavy atom. The standard InChI is InChI=1S/C21H21ClN4O/c1-14(2)20(27)25-18(15-6-4-3-5-7-15)12-19(26-21(25)23-13-24-26)16-8-10-17(22)11-9-16/h3-11,13-14,18-19H,12H2,1-2H3. The summed E-state index contributed by atoms with van der Waals surface area (Å²) in [5, 5.41) is 5.13. The topological polar surface area (TPSA) is 51.0 Å². The highest BCUT2D eigenvalue weighted by molar-refractivity contribution is 6.30. The van der Waals surface area contributed by atoms with Gasteiger partial charge >= 0.3 is 0 Å². The molecule has 1 aliphatic rings. The van der Waals surface area contributed by atoms with Gasteiger partial charge in [-0.1, -0.05) is 67.9 Å². The van der Waals surface area contributed by atoms with E-state index in [1.807, 2.05) is 61.0 Å². The number of hydrogen-bond acceptors (Lipinski definition) is 3. The molecule has 0 radical (unpaired) electrons. The van der Waals surface area contributed by atoms with Gasteiger partial charge in [0, 0.05) is 10.9 Å². The summed E-state index contributed by atoms with van der Waals surface area (Å²) in [4.78, 5) is 19.3. The lowest BCUT2D eigenvalue weighted by molar-refractivity contribution is -0.122. The highest BCUT2D eigenvalue weighted by Crippen LogP contribution is 2.42. The molecule has 2 heterocycles. The molecular formula is C21H21ClN4O. The number of fused-ring (bicyclic) bond motifs is 1. The minimum Gasteiger partial charge on any atom is -0.274 e. The van der Waals surface area contributed by atoms with Crippen LogP contribution in [-0.4, -0.2) is 20.7 Å². The first kappa shape index (κ1) is 17.7. The number of aromatic nitrogens is 3. The van der Waals surface area contributed by atoms with Gasteiger partial charge in [-0.3, -0.25) is 9.69 Å². The molecule has 0 saturated carbocycles. The number of amides is 1. The van der Waals surface area contributed by atoms with E-state index in [0.29, 0.717) is 11.0 Å². The Labute approximate surface area is 163 Å². The molecule has 6 heteroatoms. The molecule has 0 N–H and O–H groups in total. The molecule has 3 aromatic rings. The zero-order chi connectivity index (χ0) is 19.0. The molecule has 1 amide bonds.